The van der Waals surface area contributed by atoms with E-state index in [1.807, 2.05) is 0 Å². The lowest BCUT2D eigenvalue weighted by Gasteiger charge is -2.23. The summed E-state index contributed by atoms with van der Waals surface area (Å²) in [5.41, 5.74) is 0.314. The van der Waals surface area contributed by atoms with Crippen molar-refractivity contribution in [2.45, 2.75) is 44.6 Å². The van der Waals surface area contributed by atoms with E-state index >= 15 is 0 Å². The SMILES string of the molecule is COc1cc(F)c(C(O)C2CCCCCC2)cc1OC. The zero-order valence-corrected chi connectivity index (χ0v) is 12.2. The van der Waals surface area contributed by atoms with E-state index in [9.17, 15) is 9.50 Å². The molecule has 1 N–H and O–H groups in total. The minimum atomic E-state index is -0.770. The lowest BCUT2D eigenvalue weighted by molar-refractivity contribution is 0.0948. The maximum Gasteiger partial charge on any atom is 0.163 e. The molecule has 3 nitrogen and oxygen atoms in total. The van der Waals surface area contributed by atoms with Crippen LogP contribution in [0.1, 0.15) is 50.2 Å². The quantitative estimate of drug-likeness (QED) is 0.853. The highest BCUT2D eigenvalue weighted by atomic mass is 19.1. The number of aliphatic hydroxyl groups is 1. The van der Waals surface area contributed by atoms with Crippen molar-refractivity contribution in [1.82, 2.24) is 0 Å². The van der Waals surface area contributed by atoms with Crippen LogP contribution < -0.4 is 9.47 Å². The predicted molar refractivity (Wildman–Crippen MR) is 75.7 cm³/mol. The van der Waals surface area contributed by atoms with Crippen molar-refractivity contribution in [2.75, 3.05) is 14.2 Å². The Kier molecular flexibility index (Phi) is 5.24. The number of hydrogen-bond donors (Lipinski definition) is 1. The number of halogens is 1. The Morgan fingerprint density at radius 3 is 2.15 bits per heavy atom. The first-order chi connectivity index (χ1) is 9.67. The molecule has 112 valence electrons. The molecule has 0 saturated heterocycles. The highest BCUT2D eigenvalue weighted by Gasteiger charge is 2.26. The van der Waals surface area contributed by atoms with Crippen LogP contribution in [0, 0.1) is 11.7 Å². The molecule has 0 aromatic heterocycles. The molecule has 0 heterocycles. The van der Waals surface area contributed by atoms with E-state index in [2.05, 4.69) is 0 Å². The minimum Gasteiger partial charge on any atom is -0.493 e. The lowest BCUT2D eigenvalue weighted by atomic mass is 9.89. The Labute approximate surface area is 119 Å². The largest absolute Gasteiger partial charge is 0.493 e. The van der Waals surface area contributed by atoms with Crippen LogP contribution in [0.4, 0.5) is 4.39 Å². The summed E-state index contributed by atoms with van der Waals surface area (Å²) in [5.74, 6) is 0.503. The van der Waals surface area contributed by atoms with Crippen LogP contribution in [-0.4, -0.2) is 19.3 Å². The number of hydrogen-bond acceptors (Lipinski definition) is 3. The van der Waals surface area contributed by atoms with E-state index in [4.69, 9.17) is 9.47 Å². The topological polar surface area (TPSA) is 38.7 Å². The van der Waals surface area contributed by atoms with Crippen LogP contribution >= 0.6 is 0 Å². The van der Waals surface area contributed by atoms with Crippen molar-refractivity contribution in [1.29, 1.82) is 0 Å². The van der Waals surface area contributed by atoms with Crippen molar-refractivity contribution in [2.24, 2.45) is 5.92 Å². The Bertz CT molecular complexity index is 440. The van der Waals surface area contributed by atoms with Crippen molar-refractivity contribution in [3.05, 3.63) is 23.5 Å². The van der Waals surface area contributed by atoms with E-state index in [1.54, 1.807) is 6.07 Å². The molecule has 0 radical (unpaired) electrons. The van der Waals surface area contributed by atoms with Gasteiger partial charge in [0, 0.05) is 11.6 Å². The van der Waals surface area contributed by atoms with Gasteiger partial charge in [0.25, 0.3) is 0 Å². The third-order valence-electron chi connectivity index (χ3n) is 4.17. The summed E-state index contributed by atoms with van der Waals surface area (Å²) < 4.78 is 24.4. The minimum absolute atomic E-state index is 0.130. The summed E-state index contributed by atoms with van der Waals surface area (Å²) in [6, 6.07) is 2.85. The van der Waals surface area contributed by atoms with Gasteiger partial charge >= 0.3 is 0 Å². The highest BCUT2D eigenvalue weighted by molar-refractivity contribution is 5.44. The molecule has 1 atom stereocenters. The maximum atomic E-state index is 14.2. The summed E-state index contributed by atoms with van der Waals surface area (Å²) in [6.45, 7) is 0. The van der Waals surface area contributed by atoms with Gasteiger partial charge in [-0.1, -0.05) is 25.7 Å². The van der Waals surface area contributed by atoms with Gasteiger partial charge in [0.05, 0.1) is 20.3 Å². The second kappa shape index (κ2) is 6.93. The molecular formula is C16H23FO3. The molecule has 1 aromatic carbocycles. The molecule has 20 heavy (non-hydrogen) atoms. The van der Waals surface area contributed by atoms with Crippen LogP contribution in [0.5, 0.6) is 11.5 Å². The molecule has 0 bridgehead atoms. The van der Waals surface area contributed by atoms with Crippen LogP contribution in [0.3, 0.4) is 0 Å². The number of rotatable bonds is 4. The monoisotopic (exact) mass is 282 g/mol. The molecule has 1 saturated carbocycles. The molecule has 1 unspecified atom stereocenters. The number of methoxy groups -OCH3 is 2. The van der Waals surface area contributed by atoms with Gasteiger partial charge in [0.1, 0.15) is 5.82 Å². The standard InChI is InChI=1S/C16H23FO3/c1-19-14-9-12(13(17)10-15(14)20-2)16(18)11-7-5-3-4-6-8-11/h9-11,16,18H,3-8H2,1-2H3. The molecule has 4 heteroatoms. The molecule has 0 spiro atoms. The molecule has 1 fully saturated rings. The Morgan fingerprint density at radius 1 is 1.05 bits per heavy atom. The first kappa shape index (κ1) is 15.1. The van der Waals surface area contributed by atoms with Crippen LogP contribution in [-0.2, 0) is 0 Å². The molecule has 1 aliphatic rings. The van der Waals surface area contributed by atoms with Gasteiger partial charge in [-0.05, 0) is 24.8 Å². The van der Waals surface area contributed by atoms with Crippen molar-refractivity contribution < 1.29 is 19.0 Å². The zero-order valence-electron chi connectivity index (χ0n) is 12.2. The maximum absolute atomic E-state index is 14.2. The van der Waals surface area contributed by atoms with Crippen LogP contribution in [0.15, 0.2) is 12.1 Å². The number of benzene rings is 1. The van der Waals surface area contributed by atoms with Crippen molar-refractivity contribution >= 4 is 0 Å². The van der Waals surface area contributed by atoms with E-state index in [0.717, 1.165) is 25.7 Å². The Hall–Kier alpha value is -1.29. The van der Waals surface area contributed by atoms with Gasteiger partial charge in [-0.2, -0.15) is 0 Å². The lowest BCUT2D eigenvalue weighted by Crippen LogP contribution is -2.14. The summed E-state index contributed by atoms with van der Waals surface area (Å²) in [5, 5.41) is 10.5. The van der Waals surface area contributed by atoms with Crippen molar-refractivity contribution in [3.8, 4) is 11.5 Å². The normalized spacial score (nSPS) is 18.4. The van der Waals surface area contributed by atoms with Gasteiger partial charge in [-0.3, -0.25) is 0 Å². The van der Waals surface area contributed by atoms with E-state index < -0.39 is 11.9 Å². The molecule has 2 rings (SSSR count). The Morgan fingerprint density at radius 2 is 1.60 bits per heavy atom. The van der Waals surface area contributed by atoms with E-state index in [1.165, 1.54) is 33.1 Å². The molecule has 0 amide bonds. The Balaban J connectivity index is 2.26. The third kappa shape index (κ3) is 3.23. The van der Waals surface area contributed by atoms with Gasteiger partial charge in [-0.15, -0.1) is 0 Å². The van der Waals surface area contributed by atoms with Gasteiger partial charge in [0.2, 0.25) is 0 Å². The molecule has 1 aliphatic carbocycles. The fraction of sp³-hybridized carbons (Fsp3) is 0.625. The average Bonchev–Trinajstić information content (AvgIpc) is 2.75. The van der Waals surface area contributed by atoms with E-state index in [-0.39, 0.29) is 5.92 Å². The first-order valence-electron chi connectivity index (χ1n) is 7.27. The third-order valence-corrected chi connectivity index (χ3v) is 4.17. The molecule has 0 aliphatic heterocycles. The van der Waals surface area contributed by atoms with Crippen LogP contribution in [0.25, 0.3) is 0 Å². The summed E-state index contributed by atoms with van der Waals surface area (Å²) in [7, 11) is 2.98. The number of aliphatic hydroxyl groups excluding tert-OH is 1. The van der Waals surface area contributed by atoms with E-state index in [0.29, 0.717) is 17.1 Å². The summed E-state index contributed by atoms with van der Waals surface area (Å²) in [6.07, 6.45) is 5.76. The predicted octanol–water partition coefficient (Wildman–Crippen LogP) is 3.85. The number of ether oxygens (including phenoxy) is 2. The second-order valence-electron chi connectivity index (χ2n) is 5.43. The van der Waals surface area contributed by atoms with Gasteiger partial charge in [0.15, 0.2) is 11.5 Å². The zero-order chi connectivity index (χ0) is 14.5. The summed E-state index contributed by atoms with van der Waals surface area (Å²) in [4.78, 5) is 0. The summed E-state index contributed by atoms with van der Waals surface area (Å²) >= 11 is 0. The fourth-order valence-corrected chi connectivity index (χ4v) is 2.98. The first-order valence-corrected chi connectivity index (χ1v) is 7.27. The van der Waals surface area contributed by atoms with Gasteiger partial charge < -0.3 is 14.6 Å². The van der Waals surface area contributed by atoms with Crippen molar-refractivity contribution in [3.63, 3.8) is 0 Å². The average molecular weight is 282 g/mol. The highest BCUT2D eigenvalue weighted by Crippen LogP contribution is 2.38. The fourth-order valence-electron chi connectivity index (χ4n) is 2.98. The van der Waals surface area contributed by atoms with Crippen LogP contribution in [0.2, 0.25) is 0 Å². The van der Waals surface area contributed by atoms with Gasteiger partial charge in [-0.25, -0.2) is 4.39 Å². The second-order valence-corrected chi connectivity index (χ2v) is 5.43. The smallest absolute Gasteiger partial charge is 0.163 e. The molecular weight excluding hydrogens is 259 g/mol. The molecule has 1 aromatic rings.